The minimum Gasteiger partial charge on any atom is -0.375 e. The third-order valence-electron chi connectivity index (χ3n) is 6.30. The van der Waals surface area contributed by atoms with E-state index in [1.54, 1.807) is 0 Å². The molecule has 0 bridgehead atoms. The van der Waals surface area contributed by atoms with Crippen molar-refractivity contribution < 1.29 is 0 Å². The fourth-order valence-corrected chi connectivity index (χ4v) is 4.77. The van der Waals surface area contributed by atoms with E-state index in [1.165, 1.54) is 0 Å². The van der Waals surface area contributed by atoms with Crippen molar-refractivity contribution in [1.82, 2.24) is 10.6 Å². The van der Waals surface area contributed by atoms with E-state index in [4.69, 9.17) is 47.6 Å². The van der Waals surface area contributed by atoms with E-state index in [1.807, 2.05) is 63.1 Å². The summed E-state index contributed by atoms with van der Waals surface area (Å²) in [6.45, 7) is 23.3. The Morgan fingerprint density at radius 2 is 1.71 bits per heavy atom. The fraction of sp³-hybridized carbons (Fsp3) is 0.394. The van der Waals surface area contributed by atoms with Crippen LogP contribution in [0.5, 0.6) is 0 Å². The van der Waals surface area contributed by atoms with Crippen molar-refractivity contribution >= 4 is 69.0 Å². The summed E-state index contributed by atoms with van der Waals surface area (Å²) in [7, 11) is 1.99. The zero-order valence-corrected chi connectivity index (χ0v) is 29.3. The quantitative estimate of drug-likeness (QED) is 0.179. The lowest BCUT2D eigenvalue weighted by molar-refractivity contribution is 0.579. The molecule has 0 atom stereocenters. The Balaban J connectivity index is 0.00000411. The Morgan fingerprint density at radius 1 is 1.07 bits per heavy atom. The molecule has 0 spiro atoms. The summed E-state index contributed by atoms with van der Waals surface area (Å²) < 4.78 is 0. The van der Waals surface area contributed by atoms with Crippen LogP contribution >= 0.6 is 47.6 Å². The summed E-state index contributed by atoms with van der Waals surface area (Å²) in [6, 6.07) is 11.7. The van der Waals surface area contributed by atoms with Gasteiger partial charge in [0.2, 0.25) is 0 Å². The first-order chi connectivity index (χ1) is 19.2. The largest absolute Gasteiger partial charge is 0.375 e. The van der Waals surface area contributed by atoms with Crippen LogP contribution in [-0.2, 0) is 0 Å². The molecule has 0 unspecified atom stereocenters. The molecule has 2 aromatic rings. The van der Waals surface area contributed by atoms with Gasteiger partial charge in [-0.05, 0) is 74.2 Å². The second-order valence-electron chi connectivity index (χ2n) is 10.4. The number of anilines is 2. The lowest BCUT2D eigenvalue weighted by Gasteiger charge is -2.27. The SMILES string of the molecule is C=C(N/C(CC)=C(Cl)/C(=C\C)CNC(=S)C(C)(C)C)N(C)c1cc(C)c(C(=S)Nc2cccc(Cl)c2)cc1C.CC. The van der Waals surface area contributed by atoms with Gasteiger partial charge in [-0.2, -0.15) is 0 Å². The molecule has 0 radical (unpaired) electrons. The van der Waals surface area contributed by atoms with Crippen molar-refractivity contribution in [3.63, 3.8) is 0 Å². The highest BCUT2D eigenvalue weighted by molar-refractivity contribution is 7.81. The van der Waals surface area contributed by atoms with Crippen LogP contribution in [0, 0.1) is 19.3 Å². The standard InChI is InChI=1S/C31H40Cl2N4S2.C2H6/c1-10-22(18-34-30(39)31(6,7)8)28(33)26(11-2)35-21(5)37(9)27-16-19(3)25(15-20(27)4)29(38)36-24-14-12-13-23(32)17-24;1-2/h10,12-17,35H,5,11,18H2,1-4,6-9H3,(H,34,39)(H,36,38);1-2H3/b22-10-,28-26-;. The average molecular weight is 634 g/mol. The van der Waals surface area contributed by atoms with Crippen molar-refractivity contribution in [1.29, 1.82) is 0 Å². The zero-order valence-electron chi connectivity index (χ0n) is 26.2. The zero-order chi connectivity index (χ0) is 31.5. The Bertz CT molecular complexity index is 1310. The summed E-state index contributed by atoms with van der Waals surface area (Å²) in [4.78, 5) is 3.48. The van der Waals surface area contributed by atoms with E-state index in [-0.39, 0.29) is 5.41 Å². The predicted molar refractivity (Wildman–Crippen MR) is 192 cm³/mol. The Labute approximate surface area is 269 Å². The molecule has 4 nitrogen and oxygen atoms in total. The maximum atomic E-state index is 6.87. The Kier molecular flexibility index (Phi) is 15.1. The summed E-state index contributed by atoms with van der Waals surface area (Å²) in [6.07, 6.45) is 2.73. The molecule has 0 amide bonds. The third kappa shape index (κ3) is 10.8. The van der Waals surface area contributed by atoms with Crippen LogP contribution in [0.15, 0.2) is 71.2 Å². The van der Waals surface area contributed by atoms with Crippen molar-refractivity contribution in [3.05, 3.63) is 92.9 Å². The molecule has 2 rings (SSSR count). The molecule has 0 heterocycles. The van der Waals surface area contributed by atoms with Crippen LogP contribution < -0.4 is 20.9 Å². The van der Waals surface area contributed by atoms with Gasteiger partial charge in [0.25, 0.3) is 0 Å². The average Bonchev–Trinajstić information content (AvgIpc) is 2.92. The monoisotopic (exact) mass is 632 g/mol. The number of allylic oxidation sites excluding steroid dienone is 2. The van der Waals surface area contributed by atoms with Gasteiger partial charge in [-0.1, -0.05) is 108 Å². The Morgan fingerprint density at radius 3 is 2.24 bits per heavy atom. The van der Waals surface area contributed by atoms with Gasteiger partial charge in [0.1, 0.15) is 10.8 Å². The van der Waals surface area contributed by atoms with Crippen molar-refractivity contribution in [2.75, 3.05) is 23.8 Å². The molecule has 0 aliphatic rings. The predicted octanol–water partition coefficient (Wildman–Crippen LogP) is 10.0. The van der Waals surface area contributed by atoms with Crippen LogP contribution in [0.25, 0.3) is 0 Å². The summed E-state index contributed by atoms with van der Waals surface area (Å²) >= 11 is 24.2. The van der Waals surface area contributed by atoms with Crippen molar-refractivity contribution in [2.45, 2.75) is 68.7 Å². The number of benzene rings is 2. The van der Waals surface area contributed by atoms with Gasteiger partial charge in [0, 0.05) is 46.7 Å². The fourth-order valence-electron chi connectivity index (χ4n) is 3.81. The third-order valence-corrected chi connectivity index (χ3v) is 8.09. The maximum Gasteiger partial charge on any atom is 0.111 e. The topological polar surface area (TPSA) is 39.3 Å². The van der Waals surface area contributed by atoms with E-state index in [2.05, 4.69) is 76.2 Å². The number of rotatable bonds is 10. The smallest absolute Gasteiger partial charge is 0.111 e. The van der Waals surface area contributed by atoms with E-state index < -0.39 is 0 Å². The van der Waals surface area contributed by atoms with Crippen LogP contribution in [0.3, 0.4) is 0 Å². The first-order valence-corrected chi connectivity index (χ1v) is 15.5. The molecule has 0 saturated heterocycles. The molecule has 41 heavy (non-hydrogen) atoms. The van der Waals surface area contributed by atoms with Gasteiger partial charge in [-0.25, -0.2) is 0 Å². The molecule has 224 valence electrons. The van der Waals surface area contributed by atoms with Gasteiger partial charge in [-0.15, -0.1) is 0 Å². The highest BCUT2D eigenvalue weighted by Crippen LogP contribution is 2.28. The number of hydrogen-bond acceptors (Lipinski definition) is 4. The highest BCUT2D eigenvalue weighted by atomic mass is 35.5. The number of hydrogen-bond donors (Lipinski definition) is 3. The van der Waals surface area contributed by atoms with Crippen LogP contribution in [0.2, 0.25) is 5.02 Å². The normalized spacial score (nSPS) is 12.0. The second-order valence-corrected chi connectivity index (χ2v) is 12.1. The minimum atomic E-state index is -0.103. The molecular weight excluding hydrogens is 587 g/mol. The maximum absolute atomic E-state index is 6.87. The summed E-state index contributed by atoms with van der Waals surface area (Å²) in [5, 5.41) is 11.4. The number of nitrogens with zero attached hydrogens (tertiary/aromatic N) is 1. The van der Waals surface area contributed by atoms with Gasteiger partial charge in [-0.3, -0.25) is 0 Å². The van der Waals surface area contributed by atoms with E-state index in [0.29, 0.717) is 33.8 Å². The molecule has 0 aliphatic heterocycles. The molecule has 3 N–H and O–H groups in total. The van der Waals surface area contributed by atoms with Crippen molar-refractivity contribution in [2.24, 2.45) is 5.41 Å². The van der Waals surface area contributed by atoms with Gasteiger partial charge < -0.3 is 20.9 Å². The number of nitrogens with one attached hydrogen (secondary N) is 3. The Hall–Kier alpha value is -2.38. The number of halogens is 2. The molecule has 2 aromatic carbocycles. The summed E-state index contributed by atoms with van der Waals surface area (Å²) in [5.41, 5.74) is 6.73. The summed E-state index contributed by atoms with van der Waals surface area (Å²) in [5.74, 6) is 0.716. The number of aryl methyl sites for hydroxylation is 2. The van der Waals surface area contributed by atoms with Gasteiger partial charge >= 0.3 is 0 Å². The molecule has 8 heteroatoms. The van der Waals surface area contributed by atoms with Crippen LogP contribution in [0.4, 0.5) is 11.4 Å². The lowest BCUT2D eigenvalue weighted by Crippen LogP contribution is -2.34. The second kappa shape index (κ2) is 16.9. The first-order valence-electron chi connectivity index (χ1n) is 13.9. The number of thiocarbonyl (C=S) groups is 2. The van der Waals surface area contributed by atoms with E-state index in [0.717, 1.165) is 44.3 Å². The van der Waals surface area contributed by atoms with Crippen LogP contribution in [0.1, 0.15) is 71.6 Å². The first kappa shape index (κ1) is 36.6. The van der Waals surface area contributed by atoms with E-state index in [9.17, 15) is 0 Å². The van der Waals surface area contributed by atoms with Gasteiger partial charge in [0.05, 0.1) is 10.0 Å². The van der Waals surface area contributed by atoms with Gasteiger partial charge in [0.15, 0.2) is 0 Å². The molecule has 0 aromatic heterocycles. The molecule has 0 aliphatic carbocycles. The van der Waals surface area contributed by atoms with Crippen molar-refractivity contribution in [3.8, 4) is 0 Å². The molecule has 0 fully saturated rings. The minimum absolute atomic E-state index is 0.103. The van der Waals surface area contributed by atoms with E-state index >= 15 is 0 Å². The lowest BCUT2D eigenvalue weighted by atomic mass is 9.96. The molecule has 0 saturated carbocycles. The molecular formula is C33H46Cl2N4S2. The highest BCUT2D eigenvalue weighted by Gasteiger charge is 2.19. The van der Waals surface area contributed by atoms with Crippen LogP contribution in [-0.4, -0.2) is 23.6 Å².